The molecular formula is C22H27Cl3N2O2. The number of amides is 2. The zero-order chi connectivity index (χ0) is 19.2. The molecule has 7 heteroatoms. The molecule has 158 valence electrons. The minimum atomic E-state index is -0.610. The van der Waals surface area contributed by atoms with Crippen LogP contribution in [0.1, 0.15) is 49.2 Å². The van der Waals surface area contributed by atoms with Crippen LogP contribution in [-0.4, -0.2) is 22.4 Å². The van der Waals surface area contributed by atoms with Gasteiger partial charge in [0, 0.05) is 17.0 Å². The molecule has 2 rings (SSSR count). The quantitative estimate of drug-likeness (QED) is 0.518. The predicted molar refractivity (Wildman–Crippen MR) is 125 cm³/mol. The van der Waals surface area contributed by atoms with E-state index in [9.17, 15) is 9.59 Å². The van der Waals surface area contributed by atoms with Crippen LogP contribution in [0.5, 0.6) is 0 Å². The molecule has 0 saturated carbocycles. The van der Waals surface area contributed by atoms with Gasteiger partial charge < -0.3 is 0 Å². The zero-order valence-electron chi connectivity index (χ0n) is 16.9. The number of halogens is 3. The number of carbonyl (C=O) groups is 2. The van der Waals surface area contributed by atoms with Gasteiger partial charge in [0.25, 0.3) is 5.91 Å². The van der Waals surface area contributed by atoms with Crippen LogP contribution in [0.4, 0.5) is 0 Å². The maximum absolute atomic E-state index is 12.6. The average molecular weight is 458 g/mol. The Morgan fingerprint density at radius 2 is 1.48 bits per heavy atom. The number of aryl methyl sites for hydroxylation is 1. The van der Waals surface area contributed by atoms with Gasteiger partial charge in [-0.2, -0.15) is 0 Å². The largest absolute Gasteiger partial charge is 0.317 e. The molecule has 1 N–H and O–H groups in total. The Kier molecular flexibility index (Phi) is 13.1. The van der Waals surface area contributed by atoms with Crippen molar-refractivity contribution < 1.29 is 9.59 Å². The summed E-state index contributed by atoms with van der Waals surface area (Å²) in [5.74, 6) is 4.64. The minimum absolute atomic E-state index is 0. The van der Waals surface area contributed by atoms with E-state index < -0.39 is 11.4 Å². The van der Waals surface area contributed by atoms with E-state index in [0.717, 1.165) is 17.5 Å². The van der Waals surface area contributed by atoms with Crippen molar-refractivity contribution in [2.45, 2.75) is 39.7 Å². The Morgan fingerprint density at radius 3 is 1.97 bits per heavy atom. The summed E-state index contributed by atoms with van der Waals surface area (Å²) in [7, 11) is 0. The number of carbonyl (C=O) groups excluding carboxylic acids is 2. The number of hydrogen-bond acceptors (Lipinski definition) is 2. The van der Waals surface area contributed by atoms with Crippen LogP contribution in [0.2, 0.25) is 0 Å². The lowest BCUT2D eigenvalue weighted by atomic mass is 10.1. The second-order valence-corrected chi connectivity index (χ2v) is 6.92. The standard InChI is InChI=1S/C22H24N2O2.3ClH/c1-5-17-11-14-19(15-12-17)21(26)23-24(22(2,3)4)20(25)16-13-18-9-7-6-8-10-18;;;/h6-12,14-15H,5H2,1-4H3,(H,23,26);3*1H. The van der Waals surface area contributed by atoms with E-state index in [-0.39, 0.29) is 43.1 Å². The van der Waals surface area contributed by atoms with Crippen molar-refractivity contribution in [3.05, 3.63) is 71.3 Å². The van der Waals surface area contributed by atoms with E-state index in [1.54, 1.807) is 12.1 Å². The minimum Gasteiger partial charge on any atom is -0.267 e. The molecule has 0 spiro atoms. The molecule has 0 heterocycles. The molecule has 0 unspecified atom stereocenters. The maximum Gasteiger partial charge on any atom is 0.317 e. The van der Waals surface area contributed by atoms with Crippen LogP contribution >= 0.6 is 37.2 Å². The van der Waals surface area contributed by atoms with Gasteiger partial charge in [-0.1, -0.05) is 43.2 Å². The highest BCUT2D eigenvalue weighted by Crippen LogP contribution is 2.12. The summed E-state index contributed by atoms with van der Waals surface area (Å²) in [5, 5.41) is 1.28. The number of hydrogen-bond donors (Lipinski definition) is 1. The fraction of sp³-hybridized carbons (Fsp3) is 0.273. The molecule has 2 amide bonds. The van der Waals surface area contributed by atoms with Gasteiger partial charge in [-0.05, 0) is 57.0 Å². The van der Waals surface area contributed by atoms with Crippen molar-refractivity contribution in [1.29, 1.82) is 0 Å². The van der Waals surface area contributed by atoms with E-state index in [1.807, 2.05) is 63.2 Å². The lowest BCUT2D eigenvalue weighted by Gasteiger charge is -2.33. The number of nitrogens with one attached hydrogen (secondary N) is 1. The summed E-state index contributed by atoms with van der Waals surface area (Å²) in [6.07, 6.45) is 0.906. The highest BCUT2D eigenvalue weighted by atomic mass is 35.5. The molecule has 2 aromatic rings. The van der Waals surface area contributed by atoms with Gasteiger partial charge in [0.05, 0.1) is 5.54 Å². The number of hydrazine groups is 1. The lowest BCUT2D eigenvalue weighted by Crippen LogP contribution is -2.55. The molecule has 4 nitrogen and oxygen atoms in total. The van der Waals surface area contributed by atoms with Crippen LogP contribution in [0.3, 0.4) is 0 Å². The van der Waals surface area contributed by atoms with Crippen LogP contribution in [0, 0.1) is 11.8 Å². The van der Waals surface area contributed by atoms with E-state index >= 15 is 0 Å². The fourth-order valence-electron chi connectivity index (χ4n) is 2.28. The topological polar surface area (TPSA) is 49.4 Å². The highest BCUT2D eigenvalue weighted by Gasteiger charge is 2.27. The third-order valence-electron chi connectivity index (χ3n) is 3.80. The molecule has 0 atom stereocenters. The molecular weight excluding hydrogens is 431 g/mol. The average Bonchev–Trinajstić information content (AvgIpc) is 2.64. The van der Waals surface area contributed by atoms with E-state index in [4.69, 9.17) is 0 Å². The summed E-state index contributed by atoms with van der Waals surface area (Å²) in [6.45, 7) is 7.58. The molecule has 0 aliphatic heterocycles. The van der Waals surface area contributed by atoms with Crippen molar-refractivity contribution >= 4 is 49.0 Å². The molecule has 0 fully saturated rings. The van der Waals surface area contributed by atoms with Crippen LogP contribution in [-0.2, 0) is 11.2 Å². The van der Waals surface area contributed by atoms with Crippen molar-refractivity contribution in [2.24, 2.45) is 0 Å². The molecule has 0 saturated heterocycles. The number of rotatable bonds is 2. The third-order valence-corrected chi connectivity index (χ3v) is 3.80. The smallest absolute Gasteiger partial charge is 0.267 e. The van der Waals surface area contributed by atoms with Gasteiger partial charge in [0.1, 0.15) is 0 Å². The summed E-state index contributed by atoms with van der Waals surface area (Å²) in [6, 6.07) is 16.6. The monoisotopic (exact) mass is 456 g/mol. The summed E-state index contributed by atoms with van der Waals surface area (Å²) in [4.78, 5) is 25.1. The van der Waals surface area contributed by atoms with E-state index in [1.165, 1.54) is 5.01 Å². The number of nitrogens with zero attached hydrogens (tertiary/aromatic N) is 1. The summed E-state index contributed by atoms with van der Waals surface area (Å²) < 4.78 is 0. The van der Waals surface area contributed by atoms with Gasteiger partial charge in [-0.3, -0.25) is 15.0 Å². The SMILES string of the molecule is CCc1ccc(C(=O)NN(C(=O)C#Cc2ccccc2)C(C)(C)C)cc1.Cl.Cl.Cl. The van der Waals surface area contributed by atoms with E-state index in [2.05, 4.69) is 24.2 Å². The Bertz CT molecular complexity index is 836. The summed E-state index contributed by atoms with van der Waals surface area (Å²) in [5.41, 5.74) is 4.48. The Hall–Kier alpha value is -2.19. The third kappa shape index (κ3) is 8.79. The van der Waals surface area contributed by atoms with E-state index in [0.29, 0.717) is 5.56 Å². The van der Waals surface area contributed by atoms with Gasteiger partial charge in [-0.15, -0.1) is 37.2 Å². The Labute approximate surface area is 191 Å². The van der Waals surface area contributed by atoms with Crippen molar-refractivity contribution in [3.63, 3.8) is 0 Å². The molecule has 0 bridgehead atoms. The van der Waals surface area contributed by atoms with Gasteiger partial charge in [-0.25, -0.2) is 5.01 Å². The first-order chi connectivity index (χ1) is 12.3. The Morgan fingerprint density at radius 1 is 0.931 bits per heavy atom. The molecule has 0 aromatic heterocycles. The first-order valence-electron chi connectivity index (χ1n) is 8.62. The predicted octanol–water partition coefficient (Wildman–Crippen LogP) is 4.84. The first-order valence-corrected chi connectivity index (χ1v) is 8.62. The normalized spacial score (nSPS) is 9.38. The Balaban J connectivity index is 0. The molecule has 0 aliphatic rings. The first kappa shape index (κ1) is 29.0. The van der Waals surface area contributed by atoms with Crippen molar-refractivity contribution in [3.8, 4) is 11.8 Å². The zero-order valence-corrected chi connectivity index (χ0v) is 19.3. The summed E-state index contributed by atoms with van der Waals surface area (Å²) >= 11 is 0. The molecule has 0 aliphatic carbocycles. The second kappa shape index (κ2) is 13.1. The molecule has 2 aromatic carbocycles. The lowest BCUT2D eigenvalue weighted by molar-refractivity contribution is -0.132. The molecule has 0 radical (unpaired) electrons. The van der Waals surface area contributed by atoms with Crippen molar-refractivity contribution in [1.82, 2.24) is 10.4 Å². The van der Waals surface area contributed by atoms with Crippen molar-refractivity contribution in [2.75, 3.05) is 0 Å². The second-order valence-electron chi connectivity index (χ2n) is 6.92. The number of benzene rings is 2. The maximum atomic E-state index is 12.6. The molecule has 29 heavy (non-hydrogen) atoms. The van der Waals surface area contributed by atoms with Gasteiger partial charge >= 0.3 is 5.91 Å². The van der Waals surface area contributed by atoms with Crippen LogP contribution in [0.25, 0.3) is 0 Å². The highest BCUT2D eigenvalue weighted by molar-refractivity contribution is 5.99. The fourth-order valence-corrected chi connectivity index (χ4v) is 2.28. The van der Waals surface area contributed by atoms with Crippen LogP contribution in [0.15, 0.2) is 54.6 Å². The van der Waals surface area contributed by atoms with Gasteiger partial charge in [0.2, 0.25) is 0 Å². The van der Waals surface area contributed by atoms with Gasteiger partial charge in [0.15, 0.2) is 0 Å². The van der Waals surface area contributed by atoms with Crippen LogP contribution < -0.4 is 5.43 Å².